The zero-order chi connectivity index (χ0) is 9.69. The van der Waals surface area contributed by atoms with Gasteiger partial charge in [0.25, 0.3) is 5.92 Å². The van der Waals surface area contributed by atoms with Gasteiger partial charge in [-0.25, -0.2) is 8.78 Å². The number of aryl methyl sites for hydroxylation is 1. The van der Waals surface area contributed by atoms with Crippen LogP contribution in [0.25, 0.3) is 0 Å². The lowest BCUT2D eigenvalue weighted by atomic mass is 9.97. The predicted octanol–water partition coefficient (Wildman–Crippen LogP) is 1.22. The third-order valence-corrected chi connectivity index (χ3v) is 2.71. The van der Waals surface area contributed by atoms with E-state index in [0.29, 0.717) is 11.3 Å². The molecule has 0 radical (unpaired) electrons. The molecule has 1 heterocycles. The summed E-state index contributed by atoms with van der Waals surface area (Å²) in [6.07, 6.45) is 1.14. The van der Waals surface area contributed by atoms with E-state index >= 15 is 0 Å². The number of nitrogens with two attached hydrogens (primary N) is 1. The Morgan fingerprint density at radius 1 is 1.69 bits per heavy atom. The molecule has 2 N–H and O–H groups in total. The quantitative estimate of drug-likeness (QED) is 0.759. The molecule has 1 aromatic rings. The monoisotopic (exact) mass is 188 g/mol. The first-order chi connectivity index (χ1) is 6.03. The van der Waals surface area contributed by atoms with Gasteiger partial charge in [0, 0.05) is 18.5 Å². The van der Waals surface area contributed by atoms with Crippen LogP contribution in [-0.4, -0.2) is 17.6 Å². The van der Waals surface area contributed by atoms with Crippen LogP contribution in [0.5, 0.6) is 0 Å². The second kappa shape index (κ2) is 2.29. The van der Waals surface area contributed by atoms with Crippen LogP contribution in [0.4, 0.5) is 8.78 Å². The van der Waals surface area contributed by atoms with Crippen LogP contribution < -0.4 is 5.73 Å². The van der Waals surface area contributed by atoms with Gasteiger partial charge in [0.05, 0.1) is 11.6 Å². The van der Waals surface area contributed by atoms with E-state index in [1.165, 1.54) is 6.20 Å². The average Bonchev–Trinajstić information content (AvgIpc) is 2.43. The van der Waals surface area contributed by atoms with E-state index in [2.05, 4.69) is 5.16 Å². The highest BCUT2D eigenvalue weighted by atomic mass is 19.3. The minimum atomic E-state index is -2.70. The maximum Gasteiger partial charge on any atom is 0.260 e. The van der Waals surface area contributed by atoms with Gasteiger partial charge in [0.15, 0.2) is 0 Å². The van der Waals surface area contributed by atoms with Gasteiger partial charge in [0.2, 0.25) is 0 Å². The first kappa shape index (κ1) is 8.62. The van der Waals surface area contributed by atoms with Gasteiger partial charge in [0.1, 0.15) is 5.76 Å². The molecule has 13 heavy (non-hydrogen) atoms. The van der Waals surface area contributed by atoms with Crippen molar-refractivity contribution in [1.29, 1.82) is 0 Å². The predicted molar refractivity (Wildman–Crippen MR) is 41.5 cm³/mol. The fraction of sp³-hybridized carbons (Fsp3) is 0.625. The molecule has 1 fully saturated rings. The van der Waals surface area contributed by atoms with Crippen molar-refractivity contribution in [2.24, 2.45) is 5.73 Å². The van der Waals surface area contributed by atoms with E-state index in [0.717, 1.165) is 0 Å². The molecule has 2 rings (SSSR count). The van der Waals surface area contributed by atoms with Gasteiger partial charge >= 0.3 is 0 Å². The van der Waals surface area contributed by atoms with Gasteiger partial charge in [-0.1, -0.05) is 5.16 Å². The van der Waals surface area contributed by atoms with Crippen molar-refractivity contribution in [3.05, 3.63) is 17.5 Å². The summed E-state index contributed by atoms with van der Waals surface area (Å²) in [5.74, 6) is -2.26. The van der Waals surface area contributed by atoms with Crippen LogP contribution in [0.15, 0.2) is 10.7 Å². The fourth-order valence-electron chi connectivity index (χ4n) is 1.72. The number of hydrogen-bond acceptors (Lipinski definition) is 3. The van der Waals surface area contributed by atoms with Gasteiger partial charge in [-0.15, -0.1) is 0 Å². The van der Waals surface area contributed by atoms with Crippen LogP contribution in [0.2, 0.25) is 0 Å². The molecule has 1 atom stereocenters. The molecule has 1 aliphatic carbocycles. The summed E-state index contributed by atoms with van der Waals surface area (Å²) < 4.78 is 30.8. The fourth-order valence-corrected chi connectivity index (χ4v) is 1.72. The third-order valence-electron chi connectivity index (χ3n) is 2.71. The molecule has 0 amide bonds. The zero-order valence-electron chi connectivity index (χ0n) is 7.18. The van der Waals surface area contributed by atoms with Crippen LogP contribution in [-0.2, 0) is 5.41 Å². The number of hydrogen-bond donors (Lipinski definition) is 1. The van der Waals surface area contributed by atoms with E-state index in [-0.39, 0.29) is 13.0 Å². The molecule has 0 bridgehead atoms. The van der Waals surface area contributed by atoms with Gasteiger partial charge < -0.3 is 10.3 Å². The van der Waals surface area contributed by atoms with E-state index < -0.39 is 11.3 Å². The molecule has 1 aromatic heterocycles. The van der Waals surface area contributed by atoms with Crippen LogP contribution in [0.1, 0.15) is 17.7 Å². The van der Waals surface area contributed by atoms with Gasteiger partial charge in [-0.2, -0.15) is 0 Å². The lowest BCUT2D eigenvalue weighted by molar-refractivity contribution is 0.0892. The zero-order valence-corrected chi connectivity index (χ0v) is 7.18. The molecule has 1 saturated carbocycles. The van der Waals surface area contributed by atoms with Crippen molar-refractivity contribution < 1.29 is 13.3 Å². The maximum atomic E-state index is 13.0. The summed E-state index contributed by atoms with van der Waals surface area (Å²) in [5.41, 5.74) is 4.59. The van der Waals surface area contributed by atoms with Gasteiger partial charge in [-0.3, -0.25) is 0 Å². The largest absolute Gasteiger partial charge is 0.361 e. The highest BCUT2D eigenvalue weighted by molar-refractivity contribution is 5.38. The van der Waals surface area contributed by atoms with Crippen molar-refractivity contribution in [2.75, 3.05) is 6.54 Å². The Balaban J connectivity index is 2.41. The Morgan fingerprint density at radius 2 is 2.31 bits per heavy atom. The Bertz CT molecular complexity index is 337. The topological polar surface area (TPSA) is 52.0 Å². The molecule has 1 aliphatic rings. The molecule has 1 unspecified atom stereocenters. The molecular weight excluding hydrogens is 178 g/mol. The van der Waals surface area contributed by atoms with Crippen molar-refractivity contribution in [1.82, 2.24) is 5.16 Å². The number of rotatable bonds is 2. The molecule has 0 aliphatic heterocycles. The van der Waals surface area contributed by atoms with Crippen LogP contribution in [0, 0.1) is 6.92 Å². The molecule has 5 heteroatoms. The summed E-state index contributed by atoms with van der Waals surface area (Å²) in [6, 6.07) is 0. The number of nitrogens with zero attached hydrogens (tertiary/aromatic N) is 1. The van der Waals surface area contributed by atoms with Crippen LogP contribution >= 0.6 is 0 Å². The molecule has 0 spiro atoms. The first-order valence-electron chi connectivity index (χ1n) is 4.03. The number of aromatic nitrogens is 1. The normalized spacial score (nSPS) is 30.5. The van der Waals surface area contributed by atoms with Gasteiger partial charge in [-0.05, 0) is 6.92 Å². The minimum absolute atomic E-state index is 0.0674. The highest BCUT2D eigenvalue weighted by Gasteiger charge is 2.72. The smallest absolute Gasteiger partial charge is 0.260 e. The Labute approximate surface area is 73.9 Å². The summed E-state index contributed by atoms with van der Waals surface area (Å²) >= 11 is 0. The lowest BCUT2D eigenvalue weighted by Crippen LogP contribution is -2.26. The van der Waals surface area contributed by atoms with Crippen molar-refractivity contribution in [2.45, 2.75) is 24.7 Å². The maximum absolute atomic E-state index is 13.0. The Hall–Kier alpha value is -0.970. The van der Waals surface area contributed by atoms with Crippen molar-refractivity contribution in [3.8, 4) is 0 Å². The van der Waals surface area contributed by atoms with E-state index in [1.807, 2.05) is 0 Å². The molecule has 72 valence electrons. The summed E-state index contributed by atoms with van der Waals surface area (Å²) in [5, 5.41) is 3.48. The average molecular weight is 188 g/mol. The number of alkyl halides is 2. The second-order valence-corrected chi connectivity index (χ2v) is 3.46. The SMILES string of the molecule is Cc1oncc1C1(CN)CC1(F)F. The van der Waals surface area contributed by atoms with Crippen molar-refractivity contribution >= 4 is 0 Å². The van der Waals surface area contributed by atoms with E-state index in [1.54, 1.807) is 6.92 Å². The van der Waals surface area contributed by atoms with E-state index in [9.17, 15) is 8.78 Å². The van der Waals surface area contributed by atoms with E-state index in [4.69, 9.17) is 10.3 Å². The van der Waals surface area contributed by atoms with Crippen molar-refractivity contribution in [3.63, 3.8) is 0 Å². The summed E-state index contributed by atoms with van der Waals surface area (Å²) in [7, 11) is 0. The lowest BCUT2D eigenvalue weighted by Gasteiger charge is -2.11. The highest BCUT2D eigenvalue weighted by Crippen LogP contribution is 2.61. The second-order valence-electron chi connectivity index (χ2n) is 3.46. The first-order valence-corrected chi connectivity index (χ1v) is 4.03. The van der Waals surface area contributed by atoms with Crippen LogP contribution in [0.3, 0.4) is 0 Å². The molecule has 0 saturated heterocycles. The third kappa shape index (κ3) is 0.934. The summed E-state index contributed by atoms with van der Waals surface area (Å²) in [4.78, 5) is 0. The standard InChI is InChI=1S/C8H10F2N2O/c1-5-6(2-12-13-5)7(4-11)3-8(7,9)10/h2H,3-4,11H2,1H3. The number of halogens is 2. The molecule has 0 aromatic carbocycles. The Morgan fingerprint density at radius 3 is 2.62 bits per heavy atom. The summed E-state index contributed by atoms with van der Waals surface area (Å²) in [6.45, 7) is 1.55. The Kier molecular flexibility index (Phi) is 1.52. The minimum Gasteiger partial charge on any atom is -0.361 e. The molecular formula is C8H10F2N2O. The molecule has 3 nitrogen and oxygen atoms in total.